The highest BCUT2D eigenvalue weighted by atomic mass is 32.2. The van der Waals surface area contributed by atoms with Gasteiger partial charge >= 0.3 is 0 Å². The van der Waals surface area contributed by atoms with Crippen molar-refractivity contribution in [1.29, 1.82) is 0 Å². The van der Waals surface area contributed by atoms with E-state index in [1.54, 1.807) is 0 Å². The summed E-state index contributed by atoms with van der Waals surface area (Å²) in [7, 11) is -3.09. The van der Waals surface area contributed by atoms with Gasteiger partial charge < -0.3 is 13.7 Å². The number of fused-ring (bicyclic) bond motifs is 14. The first kappa shape index (κ1) is 46.0. The van der Waals surface area contributed by atoms with Crippen LogP contribution in [0.4, 0.5) is 0 Å². The van der Waals surface area contributed by atoms with Gasteiger partial charge in [-0.15, -0.1) is 0 Å². The number of para-hydroxylation sites is 6. The van der Waals surface area contributed by atoms with E-state index in [0.29, 0.717) is 0 Å². The number of aromatic nitrogens is 5. The highest BCUT2D eigenvalue weighted by Crippen LogP contribution is 2.41. The number of hydrogen-bond donors (Lipinski definition) is 0. The number of imidazole rings is 1. The Labute approximate surface area is 472 Å². The molecule has 0 spiro atoms. The van der Waals surface area contributed by atoms with Gasteiger partial charge in [0, 0.05) is 55.1 Å². The molecule has 0 bridgehead atoms. The largest absolute Gasteiger partial charge is 0.309 e. The SMILES string of the molecule is c1ccc([Si](c2ccccc2)(c2cccc(-c3ccc4c(c3)-n3c(nc5ccccc53)SC4)c2)c2cccc(-n3c4ccc(-n5c6ccccc6c6ccccc65)cc4c4cc(-n5c6ccccc6c6ccccc65)ccc43)c2)cc1. The topological polar surface area (TPSA) is 32.6 Å². The number of rotatable bonds is 8. The second-order valence-electron chi connectivity index (χ2n) is 21.4. The Kier molecular flexibility index (Phi) is 10.3. The second kappa shape index (κ2) is 18.1. The highest BCUT2D eigenvalue weighted by Gasteiger charge is 2.42. The molecule has 0 amide bonds. The van der Waals surface area contributed by atoms with Crippen LogP contribution in [0.5, 0.6) is 0 Å². The fourth-order valence-corrected chi connectivity index (χ4v) is 19.5. The van der Waals surface area contributed by atoms with E-state index in [1.807, 2.05) is 11.8 Å². The molecular weight excluding hydrogens is 1020 g/mol. The average Bonchev–Trinajstić information content (AvgIpc) is 4.44. The van der Waals surface area contributed by atoms with Crippen LogP contribution in [0.1, 0.15) is 5.56 Å². The third-order valence-corrected chi connectivity index (χ3v) is 22.9. The van der Waals surface area contributed by atoms with E-state index in [0.717, 1.165) is 50.0 Å². The Morgan fingerprint density at radius 2 is 0.728 bits per heavy atom. The second-order valence-corrected chi connectivity index (χ2v) is 26.2. The van der Waals surface area contributed by atoms with Crippen molar-refractivity contribution in [2.75, 3.05) is 0 Å². The fraction of sp³-hybridized carbons (Fsp3) is 0.0135. The summed E-state index contributed by atoms with van der Waals surface area (Å²) in [5, 5.41) is 13.7. The van der Waals surface area contributed by atoms with Gasteiger partial charge in [0.2, 0.25) is 0 Å². The van der Waals surface area contributed by atoms with Gasteiger partial charge in [0.1, 0.15) is 0 Å². The van der Waals surface area contributed by atoms with Crippen LogP contribution >= 0.6 is 11.8 Å². The minimum absolute atomic E-state index is 0.893. The monoisotopic (exact) mass is 1070 g/mol. The Bertz CT molecular complexity index is 4880. The maximum Gasteiger partial charge on any atom is 0.179 e. The lowest BCUT2D eigenvalue weighted by Gasteiger charge is -2.35. The number of hydrogen-bond acceptors (Lipinski definition) is 2. The first-order valence-corrected chi connectivity index (χ1v) is 30.8. The summed E-state index contributed by atoms with van der Waals surface area (Å²) in [5.74, 6) is 0.893. The molecule has 17 rings (SSSR count). The third-order valence-electron chi connectivity index (χ3n) is 17.2. The summed E-state index contributed by atoms with van der Waals surface area (Å²) >= 11 is 1.81. The van der Waals surface area contributed by atoms with Crippen LogP contribution in [0.3, 0.4) is 0 Å². The maximum absolute atomic E-state index is 5.06. The minimum atomic E-state index is -3.09. The molecule has 380 valence electrons. The predicted octanol–water partition coefficient (Wildman–Crippen LogP) is 16.0. The molecule has 4 aromatic heterocycles. The van der Waals surface area contributed by atoms with Crippen molar-refractivity contribution in [2.24, 2.45) is 0 Å². The smallest absolute Gasteiger partial charge is 0.179 e. The molecule has 0 N–H and O–H groups in total. The van der Waals surface area contributed by atoms with E-state index in [9.17, 15) is 0 Å². The zero-order chi connectivity index (χ0) is 53.2. The van der Waals surface area contributed by atoms with Gasteiger partial charge in [0.25, 0.3) is 0 Å². The Hall–Kier alpha value is -9.92. The fourth-order valence-electron chi connectivity index (χ4n) is 13.7. The molecule has 16 aromatic rings. The molecule has 0 unspecified atom stereocenters. The molecule has 1 aliphatic rings. The van der Waals surface area contributed by atoms with Crippen molar-refractivity contribution in [3.63, 3.8) is 0 Å². The maximum atomic E-state index is 5.06. The van der Waals surface area contributed by atoms with Gasteiger partial charge in [0.15, 0.2) is 13.2 Å². The predicted molar refractivity (Wildman–Crippen MR) is 343 cm³/mol. The lowest BCUT2D eigenvalue weighted by atomic mass is 10.0. The molecule has 0 fully saturated rings. The van der Waals surface area contributed by atoms with E-state index >= 15 is 0 Å². The quantitative estimate of drug-likeness (QED) is 0.112. The standard InChI is InChI=1S/C74H49N5SSi/c1-3-21-55(22-4-1)81(56-23-5-2-6-24-56,57-25-17-19-49(43-57)50-37-38-51-48-80-74-75-65-31-11-16-36-72(65)79(74)73(51)44-50)58-26-18-20-52(45-58)76-70-41-39-53(77-66-32-12-7-27-59(66)60-28-8-13-33-67(60)77)46-63(70)64-47-54(40-42-71(64)76)78-68-34-14-9-29-61(68)62-30-10-15-35-69(62)78/h1-47H,48H2. The molecule has 0 saturated heterocycles. The van der Waals surface area contributed by atoms with Crippen molar-refractivity contribution in [1.82, 2.24) is 23.3 Å². The number of nitrogens with zero attached hydrogens (tertiary/aromatic N) is 5. The summed E-state index contributed by atoms with van der Waals surface area (Å²) in [6.45, 7) is 0. The molecule has 0 atom stereocenters. The average molecular weight is 1070 g/mol. The first-order chi connectivity index (χ1) is 40.2. The molecule has 0 radical (unpaired) electrons. The lowest BCUT2D eigenvalue weighted by molar-refractivity contribution is 0.895. The molecule has 1 aliphatic heterocycles. The van der Waals surface area contributed by atoms with Crippen LogP contribution in [-0.2, 0) is 5.75 Å². The molecule has 81 heavy (non-hydrogen) atoms. The normalized spacial score (nSPS) is 12.6. The molecular formula is C74H49N5SSi. The zero-order valence-corrected chi connectivity index (χ0v) is 45.8. The zero-order valence-electron chi connectivity index (χ0n) is 44.0. The summed E-state index contributed by atoms with van der Waals surface area (Å²) in [5.41, 5.74) is 17.5. The minimum Gasteiger partial charge on any atom is -0.309 e. The van der Waals surface area contributed by atoms with Gasteiger partial charge in [0.05, 0.1) is 49.8 Å². The molecule has 5 nitrogen and oxygen atoms in total. The third kappa shape index (κ3) is 6.89. The van der Waals surface area contributed by atoms with E-state index in [1.165, 1.54) is 97.5 Å². The Morgan fingerprint density at radius 1 is 0.296 bits per heavy atom. The van der Waals surface area contributed by atoms with Crippen LogP contribution in [0.15, 0.2) is 290 Å². The van der Waals surface area contributed by atoms with Crippen molar-refractivity contribution < 1.29 is 0 Å². The number of benzene rings is 12. The van der Waals surface area contributed by atoms with E-state index in [2.05, 4.69) is 303 Å². The lowest BCUT2D eigenvalue weighted by Crippen LogP contribution is -2.74. The van der Waals surface area contributed by atoms with Crippen LogP contribution < -0.4 is 20.7 Å². The summed E-state index contributed by atoms with van der Waals surface area (Å²) in [6.07, 6.45) is 0. The molecule has 0 saturated carbocycles. The van der Waals surface area contributed by atoms with E-state index in [-0.39, 0.29) is 0 Å². The van der Waals surface area contributed by atoms with E-state index < -0.39 is 8.07 Å². The first-order valence-electron chi connectivity index (χ1n) is 27.8. The number of thioether (sulfide) groups is 1. The highest BCUT2D eigenvalue weighted by molar-refractivity contribution is 7.98. The van der Waals surface area contributed by atoms with E-state index in [4.69, 9.17) is 4.98 Å². The van der Waals surface area contributed by atoms with Crippen LogP contribution in [0.2, 0.25) is 0 Å². The van der Waals surface area contributed by atoms with Gasteiger partial charge in [-0.3, -0.25) is 4.57 Å². The van der Waals surface area contributed by atoms with Gasteiger partial charge in [-0.1, -0.05) is 206 Å². The summed E-state index contributed by atoms with van der Waals surface area (Å²) in [6, 6.07) is 107. The van der Waals surface area contributed by atoms with Gasteiger partial charge in [-0.2, -0.15) is 0 Å². The van der Waals surface area contributed by atoms with Crippen LogP contribution in [0.25, 0.3) is 110 Å². The summed E-state index contributed by atoms with van der Waals surface area (Å²) < 4.78 is 9.76. The summed E-state index contributed by atoms with van der Waals surface area (Å²) in [4.78, 5) is 5.06. The Balaban J connectivity index is 0.896. The van der Waals surface area contributed by atoms with Crippen molar-refractivity contribution >= 4 is 117 Å². The Morgan fingerprint density at radius 3 is 1.28 bits per heavy atom. The van der Waals surface area contributed by atoms with Crippen molar-refractivity contribution in [3.05, 3.63) is 291 Å². The molecule has 12 aromatic carbocycles. The van der Waals surface area contributed by atoms with Crippen LogP contribution in [-0.4, -0.2) is 31.3 Å². The van der Waals surface area contributed by atoms with Crippen molar-refractivity contribution in [2.45, 2.75) is 10.9 Å². The van der Waals surface area contributed by atoms with Gasteiger partial charge in [-0.25, -0.2) is 4.98 Å². The molecule has 0 aliphatic carbocycles. The van der Waals surface area contributed by atoms with Crippen LogP contribution in [0, 0.1) is 0 Å². The van der Waals surface area contributed by atoms with Crippen molar-refractivity contribution in [3.8, 4) is 33.9 Å². The van der Waals surface area contributed by atoms with Gasteiger partial charge in [-0.05, 0) is 128 Å². The molecule has 5 heterocycles. The molecule has 7 heteroatoms.